The molecule has 2 aromatic carbocycles. The van der Waals surface area contributed by atoms with Crippen LogP contribution >= 0.6 is 39.1 Å². The first-order valence-electron chi connectivity index (χ1n) is 5.74. The molecule has 0 aliphatic carbocycles. The molecule has 0 spiro atoms. The van der Waals surface area contributed by atoms with E-state index in [1.807, 2.05) is 6.92 Å². The zero-order valence-corrected chi connectivity index (χ0v) is 13.5. The maximum Gasteiger partial charge on any atom is 0.126 e. The molecule has 2 aromatic rings. The van der Waals surface area contributed by atoms with Gasteiger partial charge in [-0.2, -0.15) is 0 Å². The summed E-state index contributed by atoms with van der Waals surface area (Å²) in [5.41, 5.74) is 1.28. The van der Waals surface area contributed by atoms with E-state index in [4.69, 9.17) is 23.2 Å². The van der Waals surface area contributed by atoms with Gasteiger partial charge in [-0.3, -0.25) is 0 Å². The van der Waals surface area contributed by atoms with Crippen LogP contribution in [0.5, 0.6) is 0 Å². The van der Waals surface area contributed by atoms with E-state index in [2.05, 4.69) is 21.2 Å². The number of nitrogens with one attached hydrogen (secondary N) is 1. The smallest absolute Gasteiger partial charge is 0.126 e. The Hall–Kier alpha value is -0.840. The van der Waals surface area contributed by atoms with Crippen LogP contribution in [0.1, 0.15) is 18.5 Å². The van der Waals surface area contributed by atoms with Gasteiger partial charge in [0.25, 0.3) is 0 Å². The second-order valence-electron chi connectivity index (χ2n) is 4.28. The predicted molar refractivity (Wildman–Crippen MR) is 82.6 cm³/mol. The van der Waals surface area contributed by atoms with E-state index in [1.54, 1.807) is 6.07 Å². The van der Waals surface area contributed by atoms with E-state index in [0.717, 1.165) is 5.56 Å². The van der Waals surface area contributed by atoms with Crippen LogP contribution in [0.25, 0.3) is 0 Å². The highest BCUT2D eigenvalue weighted by Gasteiger charge is 2.14. The van der Waals surface area contributed by atoms with E-state index in [-0.39, 0.29) is 21.9 Å². The third-order valence-electron chi connectivity index (χ3n) is 2.80. The number of hydrogen-bond acceptors (Lipinski definition) is 1. The lowest BCUT2D eigenvalue weighted by Crippen LogP contribution is -2.08. The third-order valence-corrected chi connectivity index (χ3v) is 4.08. The molecule has 6 heteroatoms. The highest BCUT2D eigenvalue weighted by atomic mass is 79.9. The molecule has 2 rings (SSSR count). The molecule has 1 nitrogen and oxygen atoms in total. The summed E-state index contributed by atoms with van der Waals surface area (Å²) in [6.07, 6.45) is 0. The maximum atomic E-state index is 13.1. The minimum absolute atomic E-state index is 0.189. The maximum absolute atomic E-state index is 13.1. The van der Waals surface area contributed by atoms with Gasteiger partial charge in [0, 0.05) is 10.5 Å². The highest BCUT2D eigenvalue weighted by Crippen LogP contribution is 2.35. The molecule has 0 aromatic heterocycles. The summed E-state index contributed by atoms with van der Waals surface area (Å²) < 4.78 is 26.8. The first-order valence-corrected chi connectivity index (χ1v) is 7.29. The number of benzene rings is 2. The molecule has 0 radical (unpaired) electrons. The lowest BCUT2D eigenvalue weighted by molar-refractivity contribution is 0.625. The number of hydrogen-bond donors (Lipinski definition) is 1. The van der Waals surface area contributed by atoms with Gasteiger partial charge in [-0.1, -0.05) is 45.2 Å². The second-order valence-corrected chi connectivity index (χ2v) is 5.95. The minimum atomic E-state index is -0.499. The average Bonchev–Trinajstić information content (AvgIpc) is 2.33. The molecule has 0 amide bonds. The zero-order valence-electron chi connectivity index (χ0n) is 10.4. The van der Waals surface area contributed by atoms with Gasteiger partial charge >= 0.3 is 0 Å². The fourth-order valence-electron chi connectivity index (χ4n) is 1.83. The Morgan fingerprint density at radius 1 is 1.05 bits per heavy atom. The highest BCUT2D eigenvalue weighted by molar-refractivity contribution is 9.10. The van der Waals surface area contributed by atoms with Crippen molar-refractivity contribution in [2.45, 2.75) is 13.0 Å². The molecule has 0 saturated carbocycles. The molecule has 0 aliphatic rings. The molecule has 1 atom stereocenters. The summed E-state index contributed by atoms with van der Waals surface area (Å²) in [7, 11) is 0. The monoisotopic (exact) mass is 379 g/mol. The standard InChI is InChI=1S/C14H10BrCl2F2N/c1-7(10-3-2-8(18)4-11(10)15)20-14-12(16)5-9(19)6-13(14)17/h2-7,20H,1H3. The van der Waals surface area contributed by atoms with Gasteiger partial charge in [0.15, 0.2) is 0 Å². The van der Waals surface area contributed by atoms with E-state index in [0.29, 0.717) is 10.2 Å². The SMILES string of the molecule is CC(Nc1c(Cl)cc(F)cc1Cl)c1ccc(F)cc1Br. The quantitative estimate of drug-likeness (QED) is 0.667. The van der Waals surface area contributed by atoms with Crippen molar-refractivity contribution >= 4 is 44.8 Å². The Kier molecular flexibility index (Phi) is 4.89. The number of halogens is 5. The zero-order chi connectivity index (χ0) is 14.9. The van der Waals surface area contributed by atoms with Crippen molar-refractivity contribution in [2.75, 3.05) is 5.32 Å². The van der Waals surface area contributed by atoms with Crippen LogP contribution in [0.4, 0.5) is 14.5 Å². The largest absolute Gasteiger partial charge is 0.376 e. The van der Waals surface area contributed by atoms with Crippen molar-refractivity contribution < 1.29 is 8.78 Å². The van der Waals surface area contributed by atoms with Crippen LogP contribution in [0.3, 0.4) is 0 Å². The summed E-state index contributed by atoms with van der Waals surface area (Å²) in [5.74, 6) is -0.827. The fourth-order valence-corrected chi connectivity index (χ4v) is 3.09. The van der Waals surface area contributed by atoms with E-state index < -0.39 is 5.82 Å². The van der Waals surface area contributed by atoms with Crippen molar-refractivity contribution in [3.05, 3.63) is 62.0 Å². The molecule has 106 valence electrons. The van der Waals surface area contributed by atoms with Crippen LogP contribution in [0.2, 0.25) is 10.0 Å². The van der Waals surface area contributed by atoms with Crippen LogP contribution in [-0.4, -0.2) is 0 Å². The molecule has 1 unspecified atom stereocenters. The fraction of sp³-hybridized carbons (Fsp3) is 0.143. The molecule has 0 fully saturated rings. The summed E-state index contributed by atoms with van der Waals surface area (Å²) in [6, 6.07) is 6.57. The molecule has 0 saturated heterocycles. The predicted octanol–water partition coefficient (Wildman–Crippen LogP) is 6.21. The molecule has 20 heavy (non-hydrogen) atoms. The van der Waals surface area contributed by atoms with Crippen LogP contribution < -0.4 is 5.32 Å². The summed E-state index contributed by atoms with van der Waals surface area (Å²) in [4.78, 5) is 0. The Morgan fingerprint density at radius 3 is 2.20 bits per heavy atom. The first kappa shape index (κ1) is 15.5. The molecular weight excluding hydrogens is 371 g/mol. The van der Waals surface area contributed by atoms with Crippen LogP contribution in [0, 0.1) is 11.6 Å². The van der Waals surface area contributed by atoms with Crippen molar-refractivity contribution in [1.82, 2.24) is 0 Å². The Labute approximate surface area is 134 Å². The van der Waals surface area contributed by atoms with Gasteiger partial charge in [-0.05, 0) is 36.8 Å². The summed E-state index contributed by atoms with van der Waals surface area (Å²) >= 11 is 15.2. The van der Waals surface area contributed by atoms with Gasteiger partial charge < -0.3 is 5.32 Å². The summed E-state index contributed by atoms with van der Waals surface area (Å²) in [5, 5.41) is 3.49. The van der Waals surface area contributed by atoms with Gasteiger partial charge in [0.2, 0.25) is 0 Å². The second kappa shape index (κ2) is 6.29. The Balaban J connectivity index is 2.30. The lowest BCUT2D eigenvalue weighted by Gasteiger charge is -2.19. The normalized spacial score (nSPS) is 12.3. The van der Waals surface area contributed by atoms with Gasteiger partial charge in [0.1, 0.15) is 11.6 Å². The number of anilines is 1. The summed E-state index contributed by atoms with van der Waals surface area (Å²) in [6.45, 7) is 1.87. The average molecular weight is 381 g/mol. The first-order chi connectivity index (χ1) is 9.38. The molecule has 1 N–H and O–H groups in total. The van der Waals surface area contributed by atoms with Crippen LogP contribution in [-0.2, 0) is 0 Å². The van der Waals surface area contributed by atoms with Crippen molar-refractivity contribution in [3.63, 3.8) is 0 Å². The Morgan fingerprint density at radius 2 is 1.65 bits per heavy atom. The molecule has 0 heterocycles. The number of rotatable bonds is 3. The topological polar surface area (TPSA) is 12.0 Å². The van der Waals surface area contributed by atoms with Crippen molar-refractivity contribution in [1.29, 1.82) is 0 Å². The Bertz CT molecular complexity index is 626. The molecule has 0 bridgehead atoms. The molecule has 0 aliphatic heterocycles. The van der Waals surface area contributed by atoms with E-state index in [1.165, 1.54) is 24.3 Å². The van der Waals surface area contributed by atoms with Gasteiger partial charge in [0.05, 0.1) is 15.7 Å². The van der Waals surface area contributed by atoms with Crippen molar-refractivity contribution in [2.24, 2.45) is 0 Å². The third kappa shape index (κ3) is 3.43. The molecular formula is C14H10BrCl2F2N. The van der Waals surface area contributed by atoms with Gasteiger partial charge in [-0.15, -0.1) is 0 Å². The van der Waals surface area contributed by atoms with E-state index in [9.17, 15) is 8.78 Å². The lowest BCUT2D eigenvalue weighted by atomic mass is 10.1. The van der Waals surface area contributed by atoms with E-state index >= 15 is 0 Å². The van der Waals surface area contributed by atoms with Gasteiger partial charge in [-0.25, -0.2) is 8.78 Å². The minimum Gasteiger partial charge on any atom is -0.376 e. The van der Waals surface area contributed by atoms with Crippen molar-refractivity contribution in [3.8, 4) is 0 Å². The van der Waals surface area contributed by atoms with Crippen LogP contribution in [0.15, 0.2) is 34.8 Å².